The number of alkyl halides is 3. The van der Waals surface area contributed by atoms with Gasteiger partial charge in [0.05, 0.1) is 5.56 Å². The van der Waals surface area contributed by atoms with Crippen molar-refractivity contribution < 1.29 is 37.7 Å². The molecule has 5 nitrogen and oxygen atoms in total. The highest BCUT2D eigenvalue weighted by atomic mass is 19.4. The third kappa shape index (κ3) is 2.43. The predicted octanol–water partition coefficient (Wildman–Crippen LogP) is 1.59. The minimum atomic E-state index is -4.80. The number of hydrogen-bond donors (Lipinski definition) is 2. The van der Waals surface area contributed by atoms with E-state index >= 15 is 0 Å². The van der Waals surface area contributed by atoms with Gasteiger partial charge < -0.3 is 19.7 Å². The first-order chi connectivity index (χ1) is 8.82. The van der Waals surface area contributed by atoms with Gasteiger partial charge in [-0.15, -0.1) is 0 Å². The first kappa shape index (κ1) is 13.5. The Morgan fingerprint density at radius 1 is 1.26 bits per heavy atom. The average Bonchev–Trinajstić information content (AvgIpc) is 2.35. The summed E-state index contributed by atoms with van der Waals surface area (Å²) >= 11 is 0. The largest absolute Gasteiger partial charge is 0.486 e. The molecule has 1 heterocycles. The number of ether oxygens (including phenoxy) is 2. The maximum absolute atomic E-state index is 12.8. The van der Waals surface area contributed by atoms with Gasteiger partial charge in [-0.1, -0.05) is 0 Å². The zero-order valence-corrected chi connectivity index (χ0v) is 9.40. The van der Waals surface area contributed by atoms with Crippen LogP contribution in [0.5, 0.6) is 11.5 Å². The summed E-state index contributed by atoms with van der Waals surface area (Å²) in [6, 6.07) is 1.70. The van der Waals surface area contributed by atoms with Gasteiger partial charge in [0.25, 0.3) is 0 Å². The van der Waals surface area contributed by atoms with Gasteiger partial charge in [-0.05, 0) is 12.1 Å². The van der Waals surface area contributed by atoms with Crippen molar-refractivity contribution in [1.29, 1.82) is 0 Å². The molecule has 1 atom stereocenters. The maximum atomic E-state index is 12.8. The summed E-state index contributed by atoms with van der Waals surface area (Å²) in [5.41, 5.74) is -2.09. The van der Waals surface area contributed by atoms with Crippen LogP contribution in [0.4, 0.5) is 13.2 Å². The smallest absolute Gasteiger partial charge is 0.416 e. The lowest BCUT2D eigenvalue weighted by Crippen LogP contribution is -2.23. The number of benzene rings is 1. The summed E-state index contributed by atoms with van der Waals surface area (Å²) < 4.78 is 48.6. The van der Waals surface area contributed by atoms with Crippen molar-refractivity contribution in [3.05, 3.63) is 23.3 Å². The van der Waals surface area contributed by atoms with Crippen LogP contribution in [0.2, 0.25) is 0 Å². The van der Waals surface area contributed by atoms with Crippen LogP contribution in [-0.2, 0) is 11.0 Å². The fourth-order valence-electron chi connectivity index (χ4n) is 1.78. The molecule has 19 heavy (non-hydrogen) atoms. The number of carboxylic acid groups (broad SMARTS) is 1. The van der Waals surface area contributed by atoms with Gasteiger partial charge >= 0.3 is 12.1 Å². The molecule has 0 radical (unpaired) electrons. The Hall–Kier alpha value is -1.96. The van der Waals surface area contributed by atoms with Crippen molar-refractivity contribution >= 4 is 5.97 Å². The number of hydrogen-bond acceptors (Lipinski definition) is 4. The highest BCUT2D eigenvalue weighted by molar-refractivity contribution is 5.77. The molecular formula is C11H9F3O5. The summed E-state index contributed by atoms with van der Waals surface area (Å²) in [7, 11) is 0. The SMILES string of the molecule is O=C(O)C(O)c1c(C(F)(F)F)ccc2c1OCCO2. The summed E-state index contributed by atoms with van der Waals surface area (Å²) in [6.45, 7) is 0.120. The van der Waals surface area contributed by atoms with E-state index in [9.17, 15) is 23.1 Å². The predicted molar refractivity (Wildman–Crippen MR) is 55.0 cm³/mol. The minimum Gasteiger partial charge on any atom is -0.486 e. The van der Waals surface area contributed by atoms with Crippen molar-refractivity contribution in [3.63, 3.8) is 0 Å². The Labute approximate surface area is 105 Å². The lowest BCUT2D eigenvalue weighted by atomic mass is 9.99. The standard InChI is InChI=1S/C11H9F3O5/c12-11(13,14)5-1-2-6-9(19-4-3-18-6)7(5)8(15)10(16)17/h1-2,8,15H,3-4H2,(H,16,17). The molecule has 2 rings (SSSR count). The van der Waals surface area contributed by atoms with Crippen LogP contribution in [-0.4, -0.2) is 29.4 Å². The number of aliphatic hydroxyl groups is 1. The Balaban J connectivity index is 2.66. The van der Waals surface area contributed by atoms with Gasteiger partial charge in [0.2, 0.25) is 0 Å². The molecule has 0 amide bonds. The Morgan fingerprint density at radius 3 is 2.47 bits per heavy atom. The Kier molecular flexibility index (Phi) is 3.27. The lowest BCUT2D eigenvalue weighted by molar-refractivity contribution is -0.149. The number of carboxylic acids is 1. The molecule has 1 aromatic carbocycles. The second kappa shape index (κ2) is 4.61. The van der Waals surface area contributed by atoms with Gasteiger partial charge in [-0.25, -0.2) is 4.79 Å². The topological polar surface area (TPSA) is 76.0 Å². The number of rotatable bonds is 2. The van der Waals surface area contributed by atoms with Crippen LogP contribution in [0.3, 0.4) is 0 Å². The summed E-state index contributed by atoms with van der Waals surface area (Å²) in [5, 5.41) is 18.2. The van der Waals surface area contributed by atoms with Crippen LogP contribution in [0.15, 0.2) is 12.1 Å². The molecule has 0 aliphatic carbocycles. The summed E-state index contributed by atoms with van der Waals surface area (Å²) in [4.78, 5) is 10.8. The fraction of sp³-hybridized carbons (Fsp3) is 0.364. The molecular weight excluding hydrogens is 269 g/mol. The monoisotopic (exact) mass is 278 g/mol. The second-order valence-electron chi connectivity index (χ2n) is 3.79. The quantitative estimate of drug-likeness (QED) is 0.859. The molecule has 0 bridgehead atoms. The summed E-state index contributed by atoms with van der Waals surface area (Å²) in [5.74, 6) is -2.20. The number of halogens is 3. The molecule has 0 aromatic heterocycles. The van der Waals surface area contributed by atoms with Crippen LogP contribution in [0.1, 0.15) is 17.2 Å². The van der Waals surface area contributed by atoms with Crippen LogP contribution >= 0.6 is 0 Å². The molecule has 0 spiro atoms. The van der Waals surface area contributed by atoms with Crippen LogP contribution in [0.25, 0.3) is 0 Å². The highest BCUT2D eigenvalue weighted by Crippen LogP contribution is 2.44. The zero-order chi connectivity index (χ0) is 14.2. The van der Waals surface area contributed by atoms with Crippen LogP contribution in [0, 0.1) is 0 Å². The molecule has 0 saturated carbocycles. The second-order valence-corrected chi connectivity index (χ2v) is 3.79. The van der Waals surface area contributed by atoms with E-state index in [1.807, 2.05) is 0 Å². The van der Waals surface area contributed by atoms with Gasteiger partial charge in [0.1, 0.15) is 13.2 Å². The number of fused-ring (bicyclic) bond motifs is 1. The van der Waals surface area contributed by atoms with E-state index in [-0.39, 0.29) is 24.7 Å². The lowest BCUT2D eigenvalue weighted by Gasteiger charge is -2.24. The molecule has 0 fully saturated rings. The van der Waals surface area contributed by atoms with Crippen LogP contribution < -0.4 is 9.47 Å². The molecule has 0 saturated heterocycles. The molecule has 8 heteroatoms. The third-order valence-electron chi connectivity index (χ3n) is 2.56. The van der Waals surface area contributed by atoms with E-state index in [4.69, 9.17) is 14.6 Å². The van der Waals surface area contributed by atoms with E-state index in [0.717, 1.165) is 6.07 Å². The average molecular weight is 278 g/mol. The van der Waals surface area contributed by atoms with Gasteiger partial charge in [-0.3, -0.25) is 0 Å². The number of aliphatic hydroxyl groups excluding tert-OH is 1. The van der Waals surface area contributed by atoms with Crippen molar-refractivity contribution in [3.8, 4) is 11.5 Å². The number of aliphatic carboxylic acids is 1. The number of carbonyl (C=O) groups is 1. The normalized spacial score (nSPS) is 16.0. The van der Waals surface area contributed by atoms with Gasteiger partial charge in [-0.2, -0.15) is 13.2 Å². The molecule has 104 valence electrons. The Bertz CT molecular complexity index is 512. The molecule has 1 aromatic rings. The van der Waals surface area contributed by atoms with Gasteiger partial charge in [0, 0.05) is 5.56 Å². The molecule has 1 aliphatic rings. The van der Waals surface area contributed by atoms with E-state index < -0.39 is 29.4 Å². The minimum absolute atomic E-state index is 0.0189. The first-order valence-electron chi connectivity index (χ1n) is 5.23. The van der Waals surface area contributed by atoms with E-state index in [1.165, 1.54) is 0 Å². The first-order valence-corrected chi connectivity index (χ1v) is 5.23. The van der Waals surface area contributed by atoms with E-state index in [1.54, 1.807) is 0 Å². The third-order valence-corrected chi connectivity index (χ3v) is 2.56. The Morgan fingerprint density at radius 2 is 1.89 bits per heavy atom. The van der Waals surface area contributed by atoms with Crippen molar-refractivity contribution in [2.45, 2.75) is 12.3 Å². The summed E-state index contributed by atoms with van der Waals surface area (Å²) in [6.07, 6.45) is -7.14. The molecule has 1 unspecified atom stereocenters. The van der Waals surface area contributed by atoms with Gasteiger partial charge in [0.15, 0.2) is 17.6 Å². The van der Waals surface area contributed by atoms with Crippen molar-refractivity contribution in [2.75, 3.05) is 13.2 Å². The van der Waals surface area contributed by atoms with E-state index in [0.29, 0.717) is 6.07 Å². The van der Waals surface area contributed by atoms with Crippen molar-refractivity contribution in [1.82, 2.24) is 0 Å². The van der Waals surface area contributed by atoms with Crippen molar-refractivity contribution in [2.24, 2.45) is 0 Å². The molecule has 1 aliphatic heterocycles. The zero-order valence-electron chi connectivity index (χ0n) is 9.40. The molecule has 2 N–H and O–H groups in total. The fourth-order valence-corrected chi connectivity index (χ4v) is 1.78. The van der Waals surface area contributed by atoms with E-state index in [2.05, 4.69) is 0 Å². The highest BCUT2D eigenvalue weighted by Gasteiger charge is 2.40. The maximum Gasteiger partial charge on any atom is 0.416 e.